The van der Waals surface area contributed by atoms with Crippen LogP contribution in [0.3, 0.4) is 0 Å². The summed E-state index contributed by atoms with van der Waals surface area (Å²) in [7, 11) is 1.94. The van der Waals surface area contributed by atoms with Crippen molar-refractivity contribution in [3.63, 3.8) is 0 Å². The molecule has 4 heteroatoms. The highest BCUT2D eigenvalue weighted by atomic mass is 16.5. The van der Waals surface area contributed by atoms with Crippen LogP contribution < -0.4 is 0 Å². The first-order chi connectivity index (χ1) is 7.65. The third-order valence-electron chi connectivity index (χ3n) is 2.53. The van der Waals surface area contributed by atoms with Gasteiger partial charge in [-0.3, -0.25) is 4.98 Å². The number of likely N-dealkylation sites (N-methyl/N-ethyl adjacent to an activating group) is 1. The van der Waals surface area contributed by atoms with Gasteiger partial charge < -0.3 is 9.64 Å². The summed E-state index contributed by atoms with van der Waals surface area (Å²) in [4.78, 5) is 17.1. The van der Waals surface area contributed by atoms with Gasteiger partial charge in [0, 0.05) is 31.6 Å². The number of aromatic nitrogens is 1. The van der Waals surface area contributed by atoms with Gasteiger partial charge in [-0.05, 0) is 18.6 Å². The molecule has 0 aromatic carbocycles. The van der Waals surface area contributed by atoms with Crippen LogP contribution >= 0.6 is 0 Å². The Kier molecular flexibility index (Phi) is 2.90. The quantitative estimate of drug-likeness (QED) is 0.716. The summed E-state index contributed by atoms with van der Waals surface area (Å²) in [6.07, 6.45) is 3.38. The maximum absolute atomic E-state index is 10.9. The average molecular weight is 218 g/mol. The standard InChI is InChI=1S/C12H14N2O2/c1-9-3-4-10(6-13-9)7-14(2)11-5-12(15)16-8-11/h3-6H,7-8H2,1-2H3. The maximum Gasteiger partial charge on any atom is 0.333 e. The normalized spacial score (nSPS) is 14.6. The van der Waals surface area contributed by atoms with E-state index < -0.39 is 0 Å². The zero-order valence-electron chi connectivity index (χ0n) is 9.43. The Balaban J connectivity index is 2.02. The van der Waals surface area contributed by atoms with Crippen molar-refractivity contribution in [2.75, 3.05) is 13.7 Å². The number of pyridine rings is 1. The molecule has 0 aliphatic carbocycles. The smallest absolute Gasteiger partial charge is 0.333 e. The summed E-state index contributed by atoms with van der Waals surface area (Å²) in [6.45, 7) is 3.06. The number of esters is 1. The Hall–Kier alpha value is -1.84. The second kappa shape index (κ2) is 4.35. The predicted molar refractivity (Wildman–Crippen MR) is 59.5 cm³/mol. The van der Waals surface area contributed by atoms with Gasteiger partial charge in [-0.25, -0.2) is 4.79 Å². The number of hydrogen-bond acceptors (Lipinski definition) is 4. The number of cyclic esters (lactones) is 1. The van der Waals surface area contributed by atoms with Crippen LogP contribution in [0.2, 0.25) is 0 Å². The fourth-order valence-electron chi connectivity index (χ4n) is 1.55. The highest BCUT2D eigenvalue weighted by Crippen LogP contribution is 2.13. The molecule has 0 saturated heterocycles. The Bertz CT molecular complexity index is 423. The second-order valence-corrected chi connectivity index (χ2v) is 3.91. The number of nitrogens with zero attached hydrogens (tertiary/aromatic N) is 2. The molecular formula is C12H14N2O2. The summed E-state index contributed by atoms with van der Waals surface area (Å²) in [5.74, 6) is -0.260. The first-order valence-corrected chi connectivity index (χ1v) is 5.15. The van der Waals surface area contributed by atoms with Crippen LogP contribution in [-0.2, 0) is 16.1 Å². The Labute approximate surface area is 94.5 Å². The van der Waals surface area contributed by atoms with Gasteiger partial charge in [-0.2, -0.15) is 0 Å². The molecule has 0 saturated carbocycles. The Morgan fingerprint density at radius 3 is 2.88 bits per heavy atom. The molecule has 4 nitrogen and oxygen atoms in total. The molecule has 1 aromatic heterocycles. The van der Waals surface area contributed by atoms with Crippen molar-refractivity contribution in [1.82, 2.24) is 9.88 Å². The highest BCUT2D eigenvalue weighted by molar-refractivity contribution is 5.85. The van der Waals surface area contributed by atoms with Gasteiger partial charge in [0.15, 0.2) is 0 Å². The van der Waals surface area contributed by atoms with Gasteiger partial charge in [0.2, 0.25) is 0 Å². The van der Waals surface area contributed by atoms with Gasteiger partial charge in [0.25, 0.3) is 0 Å². The third kappa shape index (κ3) is 2.39. The molecule has 2 rings (SSSR count). The lowest BCUT2D eigenvalue weighted by atomic mass is 10.2. The van der Waals surface area contributed by atoms with Gasteiger partial charge >= 0.3 is 5.97 Å². The lowest BCUT2D eigenvalue weighted by Gasteiger charge is -2.18. The van der Waals surface area contributed by atoms with Crippen molar-refractivity contribution >= 4 is 5.97 Å². The van der Waals surface area contributed by atoms with Gasteiger partial charge in [-0.15, -0.1) is 0 Å². The summed E-state index contributed by atoms with van der Waals surface area (Å²) in [6, 6.07) is 4.02. The highest BCUT2D eigenvalue weighted by Gasteiger charge is 2.16. The molecule has 0 radical (unpaired) electrons. The van der Waals surface area contributed by atoms with Gasteiger partial charge in [-0.1, -0.05) is 6.07 Å². The number of carbonyl (C=O) groups is 1. The third-order valence-corrected chi connectivity index (χ3v) is 2.53. The van der Waals surface area contributed by atoms with Crippen molar-refractivity contribution < 1.29 is 9.53 Å². The molecule has 2 heterocycles. The Morgan fingerprint density at radius 2 is 2.31 bits per heavy atom. The van der Waals surface area contributed by atoms with E-state index in [0.29, 0.717) is 6.61 Å². The molecule has 0 fully saturated rings. The van der Waals surface area contributed by atoms with E-state index >= 15 is 0 Å². The molecule has 1 aliphatic heterocycles. The average Bonchev–Trinajstić information content (AvgIpc) is 2.68. The molecule has 0 unspecified atom stereocenters. The van der Waals surface area contributed by atoms with Crippen molar-refractivity contribution in [3.8, 4) is 0 Å². The lowest BCUT2D eigenvalue weighted by Crippen LogP contribution is -2.18. The summed E-state index contributed by atoms with van der Waals surface area (Å²) >= 11 is 0. The fourth-order valence-corrected chi connectivity index (χ4v) is 1.55. The number of aryl methyl sites for hydroxylation is 1. The number of hydrogen-bond donors (Lipinski definition) is 0. The SMILES string of the molecule is Cc1ccc(CN(C)C2=CC(=O)OC2)cn1. The first-order valence-electron chi connectivity index (χ1n) is 5.15. The largest absolute Gasteiger partial charge is 0.456 e. The van der Waals surface area contributed by atoms with E-state index in [4.69, 9.17) is 4.74 Å². The summed E-state index contributed by atoms with van der Waals surface area (Å²) < 4.78 is 4.85. The van der Waals surface area contributed by atoms with Crippen molar-refractivity contribution in [3.05, 3.63) is 41.4 Å². The molecule has 84 valence electrons. The van der Waals surface area contributed by atoms with Crippen LogP contribution in [0.1, 0.15) is 11.3 Å². The Morgan fingerprint density at radius 1 is 1.50 bits per heavy atom. The predicted octanol–water partition coefficient (Wildman–Crippen LogP) is 1.26. The van der Waals surface area contributed by atoms with E-state index in [9.17, 15) is 4.79 Å². The zero-order chi connectivity index (χ0) is 11.5. The maximum atomic E-state index is 10.9. The summed E-state index contributed by atoms with van der Waals surface area (Å²) in [5, 5.41) is 0. The molecular weight excluding hydrogens is 204 g/mol. The van der Waals surface area contributed by atoms with Crippen molar-refractivity contribution in [2.24, 2.45) is 0 Å². The van der Waals surface area contributed by atoms with Gasteiger partial charge in [0.1, 0.15) is 6.61 Å². The minimum Gasteiger partial charge on any atom is -0.456 e. The van der Waals surface area contributed by atoms with Crippen LogP contribution in [0.4, 0.5) is 0 Å². The van der Waals surface area contributed by atoms with Gasteiger partial charge in [0.05, 0.1) is 5.70 Å². The number of ether oxygens (including phenoxy) is 1. The molecule has 0 atom stereocenters. The van der Waals surface area contributed by atoms with E-state index in [1.807, 2.05) is 37.2 Å². The monoisotopic (exact) mass is 218 g/mol. The fraction of sp³-hybridized carbons (Fsp3) is 0.333. The summed E-state index contributed by atoms with van der Waals surface area (Å²) in [5.41, 5.74) is 3.03. The van der Waals surface area contributed by atoms with E-state index in [1.165, 1.54) is 6.08 Å². The second-order valence-electron chi connectivity index (χ2n) is 3.91. The topological polar surface area (TPSA) is 42.4 Å². The van der Waals surface area contributed by atoms with E-state index in [-0.39, 0.29) is 5.97 Å². The molecule has 0 spiro atoms. The minimum absolute atomic E-state index is 0.260. The first kappa shape index (κ1) is 10.7. The van der Waals surface area contributed by atoms with Crippen LogP contribution in [0.15, 0.2) is 30.1 Å². The van der Waals surface area contributed by atoms with Crippen molar-refractivity contribution in [2.45, 2.75) is 13.5 Å². The molecule has 0 N–H and O–H groups in total. The van der Waals surface area contributed by atoms with Crippen LogP contribution in [0.25, 0.3) is 0 Å². The molecule has 16 heavy (non-hydrogen) atoms. The molecule has 1 aliphatic rings. The number of carbonyl (C=O) groups excluding carboxylic acids is 1. The van der Waals surface area contributed by atoms with Crippen LogP contribution in [0.5, 0.6) is 0 Å². The van der Waals surface area contributed by atoms with Crippen molar-refractivity contribution in [1.29, 1.82) is 0 Å². The van der Waals surface area contributed by atoms with E-state index in [2.05, 4.69) is 4.98 Å². The number of rotatable bonds is 3. The zero-order valence-corrected chi connectivity index (χ0v) is 9.43. The lowest BCUT2D eigenvalue weighted by molar-refractivity contribution is -0.135. The minimum atomic E-state index is -0.260. The van der Waals surface area contributed by atoms with Crippen LogP contribution in [-0.4, -0.2) is 29.5 Å². The van der Waals surface area contributed by atoms with Crippen LogP contribution in [0, 0.1) is 6.92 Å². The van der Waals surface area contributed by atoms with E-state index in [0.717, 1.165) is 23.5 Å². The molecule has 0 amide bonds. The molecule has 0 bridgehead atoms. The van der Waals surface area contributed by atoms with E-state index in [1.54, 1.807) is 0 Å². The molecule has 1 aromatic rings.